The van der Waals surface area contributed by atoms with Gasteiger partial charge in [-0.05, 0) is 39.8 Å². The molecule has 134 valence electrons. The molecule has 0 aliphatic rings. The molecule has 0 fully saturated rings. The normalized spacial score (nSPS) is 13.2. The SMILES string of the molecule is C=S(N=Cc1onc(C)c1-c1ccc(Cl)cc1C(=O)OC)C(C)(C)C. The summed E-state index contributed by atoms with van der Waals surface area (Å²) in [5.74, 6) is 4.07. The largest absolute Gasteiger partial charge is 0.465 e. The number of aromatic nitrogens is 1. The van der Waals surface area contributed by atoms with Gasteiger partial charge >= 0.3 is 5.97 Å². The Morgan fingerprint density at radius 1 is 1.44 bits per heavy atom. The number of nitrogens with zero attached hydrogens (tertiary/aromatic N) is 2. The van der Waals surface area contributed by atoms with E-state index in [0.717, 1.165) is 0 Å². The number of methoxy groups -OCH3 is 1. The van der Waals surface area contributed by atoms with Crippen molar-refractivity contribution in [1.29, 1.82) is 0 Å². The van der Waals surface area contributed by atoms with Crippen LogP contribution in [0.3, 0.4) is 0 Å². The molecular weight excluding hydrogens is 360 g/mol. The van der Waals surface area contributed by atoms with Crippen molar-refractivity contribution in [2.24, 2.45) is 4.40 Å². The van der Waals surface area contributed by atoms with Crippen LogP contribution >= 0.6 is 22.3 Å². The smallest absolute Gasteiger partial charge is 0.338 e. The molecule has 0 aliphatic heterocycles. The Labute approximate surface area is 155 Å². The zero-order chi connectivity index (χ0) is 18.8. The third-order valence-electron chi connectivity index (χ3n) is 3.55. The minimum absolute atomic E-state index is 0.0524. The molecule has 1 unspecified atom stereocenters. The van der Waals surface area contributed by atoms with Crippen molar-refractivity contribution >= 4 is 40.3 Å². The molecule has 1 atom stereocenters. The van der Waals surface area contributed by atoms with Gasteiger partial charge in [0.2, 0.25) is 0 Å². The fraction of sp³-hybridized carbons (Fsp3) is 0.333. The molecule has 2 rings (SSSR count). The first-order chi connectivity index (χ1) is 11.6. The molecular formula is C18H21ClN2O3S. The number of halogens is 1. The van der Waals surface area contributed by atoms with Gasteiger partial charge in [-0.1, -0.05) is 39.4 Å². The number of hydrogen-bond donors (Lipinski definition) is 0. The standard InChI is InChI=1S/C18H21ClN2O3S/c1-11-16(13-8-7-12(19)9-14(13)17(22)23-5)15(24-21-11)10-20-25(6)18(2,3)4/h7-10H,6H2,1-5H3. The maximum absolute atomic E-state index is 12.1. The van der Waals surface area contributed by atoms with Crippen LogP contribution in [0.5, 0.6) is 0 Å². The van der Waals surface area contributed by atoms with Gasteiger partial charge in [0.15, 0.2) is 5.76 Å². The lowest BCUT2D eigenvalue weighted by Crippen LogP contribution is -2.08. The number of carbonyl (C=O) groups excluding carboxylic acids is 1. The Bertz CT molecular complexity index is 850. The van der Waals surface area contributed by atoms with Crippen molar-refractivity contribution in [2.45, 2.75) is 32.4 Å². The molecule has 0 bridgehead atoms. The number of carbonyl (C=O) groups is 1. The monoisotopic (exact) mass is 380 g/mol. The minimum atomic E-state index is -0.479. The van der Waals surface area contributed by atoms with Crippen LogP contribution in [0.1, 0.15) is 42.6 Å². The first-order valence-electron chi connectivity index (χ1n) is 7.58. The van der Waals surface area contributed by atoms with Crippen LogP contribution in [-0.2, 0) is 4.74 Å². The van der Waals surface area contributed by atoms with Crippen LogP contribution < -0.4 is 0 Å². The molecule has 0 aliphatic carbocycles. The lowest BCUT2D eigenvalue weighted by Gasteiger charge is -2.18. The molecule has 0 radical (unpaired) electrons. The lowest BCUT2D eigenvalue weighted by atomic mass is 9.98. The van der Waals surface area contributed by atoms with Gasteiger partial charge in [0, 0.05) is 15.3 Å². The average Bonchev–Trinajstić information content (AvgIpc) is 2.91. The molecule has 1 aromatic carbocycles. The molecule has 0 spiro atoms. The summed E-state index contributed by atoms with van der Waals surface area (Å²) in [6.07, 6.45) is 1.62. The summed E-state index contributed by atoms with van der Waals surface area (Å²) in [5.41, 5.74) is 2.32. The van der Waals surface area contributed by atoms with Crippen LogP contribution in [0.2, 0.25) is 5.02 Å². The quantitative estimate of drug-likeness (QED) is 0.429. The average molecular weight is 381 g/mol. The van der Waals surface area contributed by atoms with Crippen molar-refractivity contribution in [3.05, 3.63) is 40.2 Å². The van der Waals surface area contributed by atoms with Gasteiger partial charge in [0.05, 0.1) is 30.1 Å². The van der Waals surface area contributed by atoms with Gasteiger partial charge in [0.25, 0.3) is 0 Å². The molecule has 2 aromatic rings. The van der Waals surface area contributed by atoms with E-state index >= 15 is 0 Å². The van der Waals surface area contributed by atoms with E-state index in [1.165, 1.54) is 7.11 Å². The number of rotatable bonds is 4. The molecule has 1 heterocycles. The predicted molar refractivity (Wildman–Crippen MR) is 105 cm³/mol. The lowest BCUT2D eigenvalue weighted by molar-refractivity contribution is 0.0601. The van der Waals surface area contributed by atoms with Crippen molar-refractivity contribution in [3.8, 4) is 11.1 Å². The van der Waals surface area contributed by atoms with E-state index in [2.05, 4.69) is 36.2 Å². The second-order valence-corrected chi connectivity index (χ2v) is 9.00. The second-order valence-electron chi connectivity index (χ2n) is 6.40. The Morgan fingerprint density at radius 3 is 2.72 bits per heavy atom. The number of aryl methyl sites for hydroxylation is 1. The third-order valence-corrected chi connectivity index (χ3v) is 5.56. The summed E-state index contributed by atoms with van der Waals surface area (Å²) in [4.78, 5) is 12.1. The maximum atomic E-state index is 12.1. The molecule has 0 N–H and O–H groups in total. The van der Waals surface area contributed by atoms with E-state index in [-0.39, 0.29) is 4.75 Å². The molecule has 0 amide bonds. The maximum Gasteiger partial charge on any atom is 0.338 e. The van der Waals surface area contributed by atoms with E-state index in [1.54, 1.807) is 31.3 Å². The zero-order valence-corrected chi connectivity index (χ0v) is 16.5. The second kappa shape index (κ2) is 7.54. The van der Waals surface area contributed by atoms with Crippen molar-refractivity contribution in [3.63, 3.8) is 0 Å². The number of ether oxygens (including phenoxy) is 1. The van der Waals surface area contributed by atoms with E-state index < -0.39 is 16.6 Å². The molecule has 0 saturated carbocycles. The van der Waals surface area contributed by atoms with Gasteiger partial charge in [-0.2, -0.15) is 0 Å². The summed E-state index contributed by atoms with van der Waals surface area (Å²) in [6.45, 7) is 8.02. The van der Waals surface area contributed by atoms with Gasteiger partial charge in [-0.25, -0.2) is 9.19 Å². The summed E-state index contributed by atoms with van der Waals surface area (Å²) in [6, 6.07) is 5.02. The topological polar surface area (TPSA) is 64.7 Å². The summed E-state index contributed by atoms with van der Waals surface area (Å²) in [5, 5.41) is 4.46. The Kier molecular flexibility index (Phi) is 5.85. The Morgan fingerprint density at radius 2 is 2.12 bits per heavy atom. The van der Waals surface area contributed by atoms with Crippen LogP contribution in [0, 0.1) is 6.92 Å². The number of hydrogen-bond acceptors (Lipinski definition) is 5. The van der Waals surface area contributed by atoms with Gasteiger partial charge in [-0.3, -0.25) is 0 Å². The minimum Gasteiger partial charge on any atom is -0.465 e. The van der Waals surface area contributed by atoms with Gasteiger partial charge in [-0.15, -0.1) is 0 Å². The number of benzene rings is 1. The highest BCUT2D eigenvalue weighted by Gasteiger charge is 2.21. The predicted octanol–water partition coefficient (Wildman–Crippen LogP) is 4.92. The molecule has 5 nitrogen and oxygen atoms in total. The van der Waals surface area contributed by atoms with E-state index in [0.29, 0.717) is 33.2 Å². The highest BCUT2D eigenvalue weighted by Crippen LogP contribution is 2.34. The van der Waals surface area contributed by atoms with Crippen LogP contribution in [-0.4, -0.2) is 35.1 Å². The first kappa shape index (κ1) is 19.4. The third kappa shape index (κ3) is 4.38. The Balaban J connectivity index is 2.56. The van der Waals surface area contributed by atoms with Crippen molar-refractivity contribution < 1.29 is 14.1 Å². The van der Waals surface area contributed by atoms with Crippen LogP contribution in [0.4, 0.5) is 0 Å². The van der Waals surface area contributed by atoms with Crippen molar-refractivity contribution in [1.82, 2.24) is 5.16 Å². The molecule has 0 saturated heterocycles. The highest BCUT2D eigenvalue weighted by atomic mass is 35.5. The van der Waals surface area contributed by atoms with Gasteiger partial charge in [0.1, 0.15) is 0 Å². The molecule has 7 heteroatoms. The van der Waals surface area contributed by atoms with Crippen molar-refractivity contribution in [2.75, 3.05) is 7.11 Å². The first-order valence-corrected chi connectivity index (χ1v) is 9.30. The van der Waals surface area contributed by atoms with E-state index in [9.17, 15) is 4.79 Å². The summed E-state index contributed by atoms with van der Waals surface area (Å²) < 4.78 is 14.7. The molecule has 25 heavy (non-hydrogen) atoms. The van der Waals surface area contributed by atoms with Crippen LogP contribution in [0.25, 0.3) is 11.1 Å². The van der Waals surface area contributed by atoms with E-state index in [1.807, 2.05) is 0 Å². The van der Waals surface area contributed by atoms with Gasteiger partial charge < -0.3 is 9.26 Å². The fourth-order valence-corrected chi connectivity index (χ4v) is 2.80. The van der Waals surface area contributed by atoms with Crippen LogP contribution in [0.15, 0.2) is 27.1 Å². The number of esters is 1. The zero-order valence-electron chi connectivity index (χ0n) is 14.9. The molecule has 1 aromatic heterocycles. The fourth-order valence-electron chi connectivity index (χ4n) is 2.09. The Hall–Kier alpha value is -1.92. The summed E-state index contributed by atoms with van der Waals surface area (Å²) in [7, 11) is 0.883. The van der Waals surface area contributed by atoms with E-state index in [4.69, 9.17) is 20.9 Å². The highest BCUT2D eigenvalue weighted by molar-refractivity contribution is 8.14. The summed E-state index contributed by atoms with van der Waals surface area (Å²) >= 11 is 6.03.